The van der Waals surface area contributed by atoms with Gasteiger partial charge in [0.25, 0.3) is 0 Å². The molecule has 2 heterocycles. The van der Waals surface area contributed by atoms with Gasteiger partial charge in [-0.1, -0.05) is 24.3 Å². The molecule has 0 aliphatic heterocycles. The number of nitrogens with one attached hydrogen (secondary N) is 2. The fourth-order valence-corrected chi connectivity index (χ4v) is 3.51. The van der Waals surface area contributed by atoms with Crippen LogP contribution in [0.5, 0.6) is 11.5 Å². The molecule has 2 aromatic carbocycles. The van der Waals surface area contributed by atoms with Gasteiger partial charge in [-0.05, 0) is 42.7 Å². The number of ether oxygens (including phenoxy) is 2. The first-order valence-electron chi connectivity index (χ1n) is 10.3. The highest BCUT2D eigenvalue weighted by Crippen LogP contribution is 2.31. The van der Waals surface area contributed by atoms with Crippen LogP contribution in [0.1, 0.15) is 24.0 Å². The third-order valence-corrected chi connectivity index (χ3v) is 5.09. The molecule has 0 unspecified atom stereocenters. The monoisotopic (exact) mass is 415 g/mol. The number of aromatic amines is 1. The number of hydrogen-bond donors (Lipinski definition) is 2. The zero-order chi connectivity index (χ0) is 21.5. The molecule has 2 N–H and O–H groups in total. The summed E-state index contributed by atoms with van der Waals surface area (Å²) in [5.74, 6) is 1.16. The molecule has 6 heteroatoms. The third-order valence-electron chi connectivity index (χ3n) is 5.09. The predicted molar refractivity (Wildman–Crippen MR) is 121 cm³/mol. The van der Waals surface area contributed by atoms with Crippen LogP contribution in [0.3, 0.4) is 0 Å². The summed E-state index contributed by atoms with van der Waals surface area (Å²) in [6.45, 7) is 0.367. The van der Waals surface area contributed by atoms with E-state index in [0.717, 1.165) is 23.9 Å². The molecule has 0 fully saturated rings. The van der Waals surface area contributed by atoms with E-state index in [9.17, 15) is 4.79 Å². The van der Waals surface area contributed by atoms with Gasteiger partial charge in [-0.25, -0.2) is 0 Å². The number of H-pyrrole nitrogens is 1. The maximum atomic E-state index is 12.5. The lowest BCUT2D eigenvalue weighted by Gasteiger charge is -2.13. The fraction of sp³-hybridized carbons (Fsp3) is 0.200. The molecule has 0 saturated carbocycles. The first-order chi connectivity index (χ1) is 15.2. The van der Waals surface area contributed by atoms with E-state index in [2.05, 4.69) is 27.4 Å². The van der Waals surface area contributed by atoms with E-state index in [0.29, 0.717) is 30.2 Å². The van der Waals surface area contributed by atoms with Crippen molar-refractivity contribution in [1.29, 1.82) is 0 Å². The van der Waals surface area contributed by atoms with Crippen LogP contribution in [-0.2, 0) is 17.8 Å². The van der Waals surface area contributed by atoms with Gasteiger partial charge in [0.2, 0.25) is 5.91 Å². The van der Waals surface area contributed by atoms with Gasteiger partial charge in [0.1, 0.15) is 6.61 Å². The zero-order valence-electron chi connectivity index (χ0n) is 17.4. The summed E-state index contributed by atoms with van der Waals surface area (Å²) in [5, 5.41) is 4.17. The molecule has 2 aromatic heterocycles. The number of rotatable bonds is 9. The predicted octanol–water partition coefficient (Wildman–Crippen LogP) is 5.11. The Balaban J connectivity index is 1.33. The zero-order valence-corrected chi connectivity index (χ0v) is 17.4. The number of anilines is 1. The van der Waals surface area contributed by atoms with Gasteiger partial charge in [-0.3, -0.25) is 9.78 Å². The van der Waals surface area contributed by atoms with Crippen molar-refractivity contribution in [1.82, 2.24) is 9.97 Å². The van der Waals surface area contributed by atoms with Gasteiger partial charge in [0, 0.05) is 53.2 Å². The van der Waals surface area contributed by atoms with Crippen LogP contribution in [0.15, 0.2) is 73.2 Å². The minimum absolute atomic E-state index is 0.0248. The lowest BCUT2D eigenvalue weighted by atomic mass is 10.1. The normalized spacial score (nSPS) is 10.7. The number of nitrogens with zero attached hydrogens (tertiary/aromatic N) is 1. The number of carbonyl (C=O) groups excluding carboxylic acids is 1. The van der Waals surface area contributed by atoms with Gasteiger partial charge in [0.05, 0.1) is 7.11 Å². The van der Waals surface area contributed by atoms with E-state index >= 15 is 0 Å². The quantitative estimate of drug-likeness (QED) is 0.398. The summed E-state index contributed by atoms with van der Waals surface area (Å²) in [6.07, 6.45) is 7.56. The van der Waals surface area contributed by atoms with Crippen LogP contribution >= 0.6 is 0 Å². The van der Waals surface area contributed by atoms with Crippen molar-refractivity contribution < 1.29 is 14.3 Å². The summed E-state index contributed by atoms with van der Waals surface area (Å²) in [6, 6.07) is 17.4. The maximum absolute atomic E-state index is 12.5. The van der Waals surface area contributed by atoms with Crippen LogP contribution in [0.4, 0.5) is 5.69 Å². The standard InChI is InChI=1S/C25H25N3O3/c1-30-23-12-11-20(14-24(23)31-17-18-6-5-13-26-15-18)28-25(29)10-4-7-19-16-27-22-9-3-2-8-21(19)22/h2-3,5-6,8-9,11-16,27H,4,7,10,17H2,1H3,(H,28,29). The maximum Gasteiger partial charge on any atom is 0.224 e. The summed E-state index contributed by atoms with van der Waals surface area (Å²) >= 11 is 0. The van der Waals surface area contributed by atoms with E-state index in [1.807, 2.05) is 36.5 Å². The molecule has 158 valence electrons. The average molecular weight is 415 g/mol. The molecule has 1 amide bonds. The highest BCUT2D eigenvalue weighted by Gasteiger charge is 2.10. The van der Waals surface area contributed by atoms with E-state index in [-0.39, 0.29) is 5.91 Å². The summed E-state index contributed by atoms with van der Waals surface area (Å²) in [7, 11) is 1.59. The second-order valence-corrected chi connectivity index (χ2v) is 7.28. The largest absolute Gasteiger partial charge is 0.493 e. The van der Waals surface area contributed by atoms with Crippen LogP contribution < -0.4 is 14.8 Å². The summed E-state index contributed by atoms with van der Waals surface area (Å²) < 4.78 is 11.3. The molecule has 0 spiro atoms. The van der Waals surface area contributed by atoms with Crippen molar-refractivity contribution >= 4 is 22.5 Å². The molecule has 0 saturated heterocycles. The molecule has 31 heavy (non-hydrogen) atoms. The van der Waals surface area contributed by atoms with Crippen LogP contribution in [0.25, 0.3) is 10.9 Å². The Kier molecular flexibility index (Phi) is 6.47. The molecular formula is C25H25N3O3. The molecule has 0 bridgehead atoms. The van der Waals surface area contributed by atoms with Crippen molar-refractivity contribution in [3.05, 3.63) is 84.3 Å². The topological polar surface area (TPSA) is 76.2 Å². The minimum atomic E-state index is -0.0248. The van der Waals surface area contributed by atoms with Crippen molar-refractivity contribution in [2.24, 2.45) is 0 Å². The Bertz CT molecular complexity index is 1160. The van der Waals surface area contributed by atoms with Crippen LogP contribution in [0.2, 0.25) is 0 Å². The Labute approximate surface area is 181 Å². The number of pyridine rings is 1. The van der Waals surface area contributed by atoms with Gasteiger partial charge in [-0.15, -0.1) is 0 Å². The average Bonchev–Trinajstić information content (AvgIpc) is 3.22. The van der Waals surface area contributed by atoms with Gasteiger partial charge in [-0.2, -0.15) is 0 Å². The molecule has 4 aromatic rings. The third kappa shape index (κ3) is 5.22. The van der Waals surface area contributed by atoms with Crippen LogP contribution in [-0.4, -0.2) is 23.0 Å². The number of aryl methyl sites for hydroxylation is 1. The van der Waals surface area contributed by atoms with Crippen molar-refractivity contribution in [2.75, 3.05) is 12.4 Å². The Morgan fingerprint density at radius 2 is 2.00 bits per heavy atom. The van der Waals surface area contributed by atoms with E-state index in [1.165, 1.54) is 10.9 Å². The second-order valence-electron chi connectivity index (χ2n) is 7.28. The summed E-state index contributed by atoms with van der Waals surface area (Å²) in [5.41, 5.74) is 3.99. The Morgan fingerprint density at radius 1 is 1.10 bits per heavy atom. The Morgan fingerprint density at radius 3 is 2.84 bits per heavy atom. The van der Waals surface area contributed by atoms with Crippen molar-refractivity contribution in [3.63, 3.8) is 0 Å². The first-order valence-corrected chi connectivity index (χ1v) is 10.3. The number of hydrogen-bond acceptors (Lipinski definition) is 4. The molecule has 0 aliphatic carbocycles. The van der Waals surface area contributed by atoms with Crippen molar-refractivity contribution in [2.45, 2.75) is 25.9 Å². The van der Waals surface area contributed by atoms with Gasteiger partial charge < -0.3 is 19.8 Å². The number of benzene rings is 2. The van der Waals surface area contributed by atoms with Crippen molar-refractivity contribution in [3.8, 4) is 11.5 Å². The van der Waals surface area contributed by atoms with E-state index < -0.39 is 0 Å². The molecule has 4 rings (SSSR count). The van der Waals surface area contributed by atoms with E-state index in [1.54, 1.807) is 31.6 Å². The molecular weight excluding hydrogens is 390 g/mol. The minimum Gasteiger partial charge on any atom is -0.493 e. The number of carbonyl (C=O) groups is 1. The smallest absolute Gasteiger partial charge is 0.224 e. The van der Waals surface area contributed by atoms with Gasteiger partial charge >= 0.3 is 0 Å². The lowest BCUT2D eigenvalue weighted by molar-refractivity contribution is -0.116. The number of methoxy groups -OCH3 is 1. The first kappa shape index (κ1) is 20.5. The molecule has 6 nitrogen and oxygen atoms in total. The molecule has 0 aliphatic rings. The molecule has 0 radical (unpaired) electrons. The summed E-state index contributed by atoms with van der Waals surface area (Å²) in [4.78, 5) is 19.8. The van der Waals surface area contributed by atoms with E-state index in [4.69, 9.17) is 9.47 Å². The fourth-order valence-electron chi connectivity index (χ4n) is 3.51. The number of para-hydroxylation sites is 1. The highest BCUT2D eigenvalue weighted by molar-refractivity contribution is 5.91. The molecule has 0 atom stereocenters. The van der Waals surface area contributed by atoms with Gasteiger partial charge in [0.15, 0.2) is 11.5 Å². The van der Waals surface area contributed by atoms with Crippen LogP contribution in [0, 0.1) is 0 Å². The number of amides is 1. The number of aromatic nitrogens is 2. The highest BCUT2D eigenvalue weighted by atomic mass is 16.5. The lowest BCUT2D eigenvalue weighted by Crippen LogP contribution is -2.11. The second kappa shape index (κ2) is 9.80. The number of fused-ring (bicyclic) bond motifs is 1. The SMILES string of the molecule is COc1ccc(NC(=O)CCCc2c[nH]c3ccccc23)cc1OCc1cccnc1. The Hall–Kier alpha value is -3.80.